The van der Waals surface area contributed by atoms with Gasteiger partial charge in [0.05, 0.1) is 4.91 Å². The van der Waals surface area contributed by atoms with Gasteiger partial charge in [-0.2, -0.15) is 0 Å². The summed E-state index contributed by atoms with van der Waals surface area (Å²) in [6, 6.07) is 13.8. The van der Waals surface area contributed by atoms with Gasteiger partial charge in [-0.25, -0.2) is 0 Å². The topological polar surface area (TPSA) is 42.3 Å². The lowest BCUT2D eigenvalue weighted by Crippen LogP contribution is -2.34. The molecular weight excluding hydrogens is 308 g/mol. The Bertz CT molecular complexity index is 791. The molecule has 1 fully saturated rings. The predicted octanol–water partition coefficient (Wildman–Crippen LogP) is 4.23. The fourth-order valence-electron chi connectivity index (χ4n) is 2.66. The Kier molecular flexibility index (Phi) is 4.13. The van der Waals surface area contributed by atoms with Gasteiger partial charge in [0.25, 0.3) is 11.1 Å². The van der Waals surface area contributed by atoms with Gasteiger partial charge in [0.15, 0.2) is 0 Å². The first-order chi connectivity index (χ1) is 11.0. The summed E-state index contributed by atoms with van der Waals surface area (Å²) in [6.45, 7) is 5.70. The molecular formula is C18H18N2O2S. The maximum atomic E-state index is 12.4. The van der Waals surface area contributed by atoms with Crippen molar-refractivity contribution < 1.29 is 9.59 Å². The summed E-state index contributed by atoms with van der Waals surface area (Å²) < 4.78 is 2.07. The highest BCUT2D eigenvalue weighted by molar-refractivity contribution is 8.18. The van der Waals surface area contributed by atoms with E-state index in [9.17, 15) is 9.59 Å². The molecule has 0 radical (unpaired) electrons. The third-order valence-electron chi connectivity index (χ3n) is 3.74. The first kappa shape index (κ1) is 15.6. The molecule has 2 amide bonds. The molecule has 1 aliphatic heterocycles. The monoisotopic (exact) mass is 326 g/mol. The summed E-state index contributed by atoms with van der Waals surface area (Å²) >= 11 is 1.00. The van der Waals surface area contributed by atoms with E-state index in [-0.39, 0.29) is 17.2 Å². The van der Waals surface area contributed by atoms with Gasteiger partial charge in [-0.15, -0.1) is 0 Å². The number of para-hydroxylation sites is 1. The zero-order chi connectivity index (χ0) is 16.6. The smallest absolute Gasteiger partial charge is 0.293 e. The number of amides is 2. The number of aryl methyl sites for hydroxylation is 1. The summed E-state index contributed by atoms with van der Waals surface area (Å²) in [5.41, 5.74) is 3.00. The number of carbonyl (C=O) groups excluding carboxylic acids is 2. The van der Waals surface area contributed by atoms with Crippen LogP contribution in [0.4, 0.5) is 4.79 Å². The average Bonchev–Trinajstić information content (AvgIpc) is 3.00. The number of nitrogens with zero attached hydrogens (tertiary/aromatic N) is 2. The van der Waals surface area contributed by atoms with Gasteiger partial charge in [0.2, 0.25) is 0 Å². The lowest BCUT2D eigenvalue weighted by molar-refractivity contribution is -0.123. The van der Waals surface area contributed by atoms with Crippen LogP contribution in [0.1, 0.15) is 25.2 Å². The fourth-order valence-corrected chi connectivity index (χ4v) is 3.61. The van der Waals surface area contributed by atoms with Crippen molar-refractivity contribution in [1.29, 1.82) is 0 Å². The van der Waals surface area contributed by atoms with E-state index in [2.05, 4.69) is 4.57 Å². The quantitative estimate of drug-likeness (QED) is 0.793. The van der Waals surface area contributed by atoms with Gasteiger partial charge in [-0.1, -0.05) is 18.2 Å². The Hall–Kier alpha value is -2.27. The van der Waals surface area contributed by atoms with Crippen LogP contribution in [-0.4, -0.2) is 26.7 Å². The summed E-state index contributed by atoms with van der Waals surface area (Å²) in [4.78, 5) is 26.2. The van der Waals surface area contributed by atoms with Crippen LogP contribution in [0.3, 0.4) is 0 Å². The number of hydrogen-bond acceptors (Lipinski definition) is 3. The molecule has 0 atom stereocenters. The number of aromatic nitrogens is 1. The van der Waals surface area contributed by atoms with Crippen molar-refractivity contribution >= 4 is 29.0 Å². The van der Waals surface area contributed by atoms with E-state index in [1.807, 2.05) is 63.2 Å². The highest BCUT2D eigenvalue weighted by atomic mass is 32.2. The molecule has 118 valence electrons. The van der Waals surface area contributed by atoms with Gasteiger partial charge in [-0.05, 0) is 62.9 Å². The van der Waals surface area contributed by atoms with E-state index in [1.165, 1.54) is 4.90 Å². The minimum Gasteiger partial charge on any atom is -0.314 e. The predicted molar refractivity (Wildman–Crippen MR) is 93.5 cm³/mol. The van der Waals surface area contributed by atoms with E-state index >= 15 is 0 Å². The van der Waals surface area contributed by atoms with E-state index in [0.717, 1.165) is 28.8 Å². The first-order valence-electron chi connectivity index (χ1n) is 7.50. The molecule has 0 bridgehead atoms. The molecule has 23 heavy (non-hydrogen) atoms. The van der Waals surface area contributed by atoms with Crippen molar-refractivity contribution in [3.63, 3.8) is 0 Å². The number of carbonyl (C=O) groups is 2. The zero-order valence-electron chi connectivity index (χ0n) is 13.3. The molecule has 2 aromatic rings. The zero-order valence-corrected chi connectivity index (χ0v) is 14.1. The van der Waals surface area contributed by atoms with Crippen LogP contribution < -0.4 is 0 Å². The molecule has 0 saturated carbocycles. The summed E-state index contributed by atoms with van der Waals surface area (Å²) in [6.07, 6.45) is 1.80. The highest BCUT2D eigenvalue weighted by Crippen LogP contribution is 2.34. The van der Waals surface area contributed by atoms with Gasteiger partial charge in [0, 0.05) is 23.1 Å². The summed E-state index contributed by atoms with van der Waals surface area (Å²) in [7, 11) is 0. The standard InChI is InChI=1S/C18H18N2O2S/c1-12(2)19-17(21)16(23-18(19)22)11-15-10-9-13(3)20(15)14-7-5-4-6-8-14/h4-12H,1-3H3/b16-11-. The van der Waals surface area contributed by atoms with Gasteiger partial charge in [-0.3, -0.25) is 14.5 Å². The van der Waals surface area contributed by atoms with Gasteiger partial charge >= 0.3 is 0 Å². The van der Waals surface area contributed by atoms with Crippen LogP contribution in [0.2, 0.25) is 0 Å². The second kappa shape index (κ2) is 6.08. The highest BCUT2D eigenvalue weighted by Gasteiger charge is 2.36. The van der Waals surface area contributed by atoms with E-state index in [1.54, 1.807) is 6.08 Å². The minimum atomic E-state index is -0.214. The Morgan fingerprint density at radius 1 is 1.04 bits per heavy atom. The lowest BCUT2D eigenvalue weighted by atomic mass is 10.3. The fraction of sp³-hybridized carbons (Fsp3) is 0.222. The van der Waals surface area contributed by atoms with Gasteiger partial charge in [0.1, 0.15) is 0 Å². The Morgan fingerprint density at radius 3 is 2.35 bits per heavy atom. The Balaban J connectivity index is 2.02. The number of hydrogen-bond donors (Lipinski definition) is 0. The number of imide groups is 1. The molecule has 1 aliphatic rings. The largest absolute Gasteiger partial charge is 0.314 e. The second-order valence-corrected chi connectivity index (χ2v) is 6.71. The molecule has 3 rings (SSSR count). The van der Waals surface area contributed by atoms with Gasteiger partial charge < -0.3 is 4.57 Å². The number of benzene rings is 1. The van der Waals surface area contributed by atoms with Crippen LogP contribution >= 0.6 is 11.8 Å². The van der Waals surface area contributed by atoms with Crippen molar-refractivity contribution in [2.75, 3.05) is 0 Å². The van der Waals surface area contributed by atoms with Crippen molar-refractivity contribution in [2.24, 2.45) is 0 Å². The van der Waals surface area contributed by atoms with Crippen LogP contribution in [0.5, 0.6) is 0 Å². The summed E-state index contributed by atoms with van der Waals surface area (Å²) in [5, 5.41) is -0.203. The van der Waals surface area contributed by atoms with Crippen molar-refractivity contribution in [3.8, 4) is 5.69 Å². The van der Waals surface area contributed by atoms with Crippen molar-refractivity contribution in [1.82, 2.24) is 9.47 Å². The normalized spacial score (nSPS) is 16.9. The van der Waals surface area contributed by atoms with E-state index in [0.29, 0.717) is 4.91 Å². The number of thioether (sulfide) groups is 1. The minimum absolute atomic E-state index is 0.129. The summed E-state index contributed by atoms with van der Waals surface area (Å²) in [5.74, 6) is -0.214. The van der Waals surface area contributed by atoms with Crippen LogP contribution in [0.15, 0.2) is 47.4 Å². The van der Waals surface area contributed by atoms with Crippen molar-refractivity contribution in [2.45, 2.75) is 26.8 Å². The van der Waals surface area contributed by atoms with E-state index < -0.39 is 0 Å². The van der Waals surface area contributed by atoms with Crippen LogP contribution in [0.25, 0.3) is 11.8 Å². The molecule has 2 heterocycles. The van der Waals surface area contributed by atoms with Crippen LogP contribution in [0, 0.1) is 6.92 Å². The third kappa shape index (κ3) is 2.84. The molecule has 1 aromatic carbocycles. The Morgan fingerprint density at radius 2 is 1.74 bits per heavy atom. The second-order valence-electron chi connectivity index (χ2n) is 5.72. The molecule has 0 N–H and O–H groups in total. The Labute approximate surface area is 139 Å². The SMILES string of the molecule is Cc1ccc(/C=C2\SC(=O)N(C(C)C)C2=O)n1-c1ccccc1. The van der Waals surface area contributed by atoms with Crippen molar-refractivity contribution in [3.05, 3.63) is 58.8 Å². The maximum absolute atomic E-state index is 12.4. The van der Waals surface area contributed by atoms with E-state index in [4.69, 9.17) is 0 Å². The average molecular weight is 326 g/mol. The molecule has 5 heteroatoms. The molecule has 1 saturated heterocycles. The molecule has 4 nitrogen and oxygen atoms in total. The van der Waals surface area contributed by atoms with Crippen LogP contribution in [-0.2, 0) is 4.79 Å². The first-order valence-corrected chi connectivity index (χ1v) is 8.31. The third-order valence-corrected chi connectivity index (χ3v) is 4.62. The molecule has 0 unspecified atom stereocenters. The molecule has 1 aromatic heterocycles. The molecule has 0 aliphatic carbocycles. The molecule has 0 spiro atoms. The lowest BCUT2D eigenvalue weighted by Gasteiger charge is -2.16. The number of rotatable bonds is 3. The maximum Gasteiger partial charge on any atom is 0.293 e.